The van der Waals surface area contributed by atoms with E-state index < -0.39 is 0 Å². The summed E-state index contributed by atoms with van der Waals surface area (Å²) in [5, 5.41) is 0. The van der Waals surface area contributed by atoms with Gasteiger partial charge < -0.3 is 9.64 Å². The van der Waals surface area contributed by atoms with Crippen LogP contribution in [0.4, 0.5) is 10.1 Å². The van der Waals surface area contributed by atoms with Crippen LogP contribution in [0.5, 0.6) is 5.75 Å². The standard InChI is InChI=1S/C28H37FN2O/c1-5-11-22-20-23(29)16-19-27(22)31(24(6-2)7-3)28(30-4)21-14-17-26(18-15-21)32-25-12-9-8-10-13-25/h6,8-10,12-13,16,19-21,26H,5,7,11,14-15,17-18H2,1-4H3/b24-6+,30-28?. The maximum absolute atomic E-state index is 14.1. The Balaban J connectivity index is 1.84. The highest BCUT2D eigenvalue weighted by molar-refractivity contribution is 6.02. The van der Waals surface area contributed by atoms with Crippen molar-refractivity contribution in [1.29, 1.82) is 0 Å². The van der Waals surface area contributed by atoms with Crippen LogP contribution >= 0.6 is 0 Å². The summed E-state index contributed by atoms with van der Waals surface area (Å²) >= 11 is 0. The first-order chi connectivity index (χ1) is 15.6. The van der Waals surface area contributed by atoms with Gasteiger partial charge in [-0.2, -0.15) is 0 Å². The molecule has 0 spiro atoms. The topological polar surface area (TPSA) is 24.8 Å². The van der Waals surface area contributed by atoms with Gasteiger partial charge in [-0.1, -0.05) is 44.5 Å². The monoisotopic (exact) mass is 436 g/mol. The molecule has 0 amide bonds. The molecule has 0 saturated heterocycles. The number of anilines is 1. The number of aliphatic imine (C=N–C) groups is 1. The molecule has 0 N–H and O–H groups in total. The predicted molar refractivity (Wildman–Crippen MR) is 133 cm³/mol. The fraction of sp³-hybridized carbons (Fsp3) is 0.464. The Kier molecular flexibility index (Phi) is 8.90. The lowest BCUT2D eigenvalue weighted by atomic mass is 9.85. The van der Waals surface area contributed by atoms with Crippen molar-refractivity contribution in [2.24, 2.45) is 10.9 Å². The van der Waals surface area contributed by atoms with E-state index in [0.29, 0.717) is 5.92 Å². The van der Waals surface area contributed by atoms with Gasteiger partial charge in [0.1, 0.15) is 17.4 Å². The maximum Gasteiger partial charge on any atom is 0.123 e. The van der Waals surface area contributed by atoms with Crippen LogP contribution in [0.1, 0.15) is 64.9 Å². The van der Waals surface area contributed by atoms with Crippen LogP contribution < -0.4 is 9.64 Å². The molecule has 0 aliphatic heterocycles. The van der Waals surface area contributed by atoms with Crippen LogP contribution in [0.25, 0.3) is 0 Å². The number of para-hydroxylation sites is 1. The zero-order valence-electron chi connectivity index (χ0n) is 20.0. The third-order valence-electron chi connectivity index (χ3n) is 6.33. The molecule has 1 aliphatic rings. The number of hydrogen-bond acceptors (Lipinski definition) is 2. The summed E-state index contributed by atoms with van der Waals surface area (Å²) in [5.74, 6) is 2.21. The van der Waals surface area contributed by atoms with Crippen molar-refractivity contribution in [3.05, 3.63) is 71.7 Å². The largest absolute Gasteiger partial charge is 0.490 e. The number of allylic oxidation sites excluding steroid dienone is 2. The highest BCUT2D eigenvalue weighted by Crippen LogP contribution is 2.35. The molecule has 1 saturated carbocycles. The quantitative estimate of drug-likeness (QED) is 0.315. The number of halogens is 1. The van der Waals surface area contributed by atoms with E-state index in [0.717, 1.165) is 67.8 Å². The summed E-state index contributed by atoms with van der Waals surface area (Å²) in [5.41, 5.74) is 3.31. The summed E-state index contributed by atoms with van der Waals surface area (Å²) in [6, 6.07) is 15.3. The number of benzene rings is 2. The molecule has 32 heavy (non-hydrogen) atoms. The molecule has 0 atom stereocenters. The fourth-order valence-corrected chi connectivity index (χ4v) is 4.75. The molecule has 0 aromatic heterocycles. The van der Waals surface area contributed by atoms with E-state index in [4.69, 9.17) is 9.73 Å². The van der Waals surface area contributed by atoms with E-state index >= 15 is 0 Å². The first-order valence-corrected chi connectivity index (χ1v) is 12.0. The number of hydrogen-bond donors (Lipinski definition) is 0. The van der Waals surface area contributed by atoms with Crippen LogP contribution in [0.3, 0.4) is 0 Å². The van der Waals surface area contributed by atoms with Crippen LogP contribution in [-0.4, -0.2) is 19.0 Å². The molecule has 0 heterocycles. The highest BCUT2D eigenvalue weighted by Gasteiger charge is 2.31. The zero-order valence-corrected chi connectivity index (χ0v) is 20.0. The van der Waals surface area contributed by atoms with E-state index in [2.05, 4.69) is 31.7 Å². The van der Waals surface area contributed by atoms with Crippen LogP contribution in [0.2, 0.25) is 0 Å². The van der Waals surface area contributed by atoms with E-state index in [-0.39, 0.29) is 11.9 Å². The van der Waals surface area contributed by atoms with Gasteiger partial charge in [-0.3, -0.25) is 4.99 Å². The summed E-state index contributed by atoms with van der Waals surface area (Å²) in [6.45, 7) is 6.38. The summed E-state index contributed by atoms with van der Waals surface area (Å²) in [6.07, 6.45) is 9.20. The normalized spacial score (nSPS) is 19.7. The third-order valence-corrected chi connectivity index (χ3v) is 6.33. The van der Waals surface area contributed by atoms with E-state index in [1.165, 1.54) is 5.70 Å². The van der Waals surface area contributed by atoms with Crippen LogP contribution in [0, 0.1) is 11.7 Å². The van der Waals surface area contributed by atoms with Crippen molar-refractivity contribution < 1.29 is 9.13 Å². The Morgan fingerprint density at radius 3 is 2.41 bits per heavy atom. The van der Waals surface area contributed by atoms with Crippen molar-refractivity contribution in [3.8, 4) is 5.75 Å². The molecule has 0 unspecified atom stereocenters. The van der Waals surface area contributed by atoms with Gasteiger partial charge in [0, 0.05) is 18.7 Å². The Hall–Kier alpha value is -2.62. The first-order valence-electron chi connectivity index (χ1n) is 12.0. The molecule has 1 fully saturated rings. The zero-order chi connectivity index (χ0) is 22.9. The minimum Gasteiger partial charge on any atom is -0.490 e. The molecular weight excluding hydrogens is 399 g/mol. The number of aryl methyl sites for hydroxylation is 1. The van der Waals surface area contributed by atoms with Gasteiger partial charge in [0.25, 0.3) is 0 Å². The van der Waals surface area contributed by atoms with Crippen molar-refractivity contribution in [3.63, 3.8) is 0 Å². The lowest BCUT2D eigenvalue weighted by Crippen LogP contribution is -2.39. The molecule has 2 aromatic rings. The summed E-state index contributed by atoms with van der Waals surface area (Å²) in [7, 11) is 1.89. The van der Waals surface area contributed by atoms with Gasteiger partial charge >= 0.3 is 0 Å². The van der Waals surface area contributed by atoms with E-state index in [1.807, 2.05) is 43.4 Å². The number of ether oxygens (including phenoxy) is 1. The molecule has 4 heteroatoms. The van der Waals surface area contributed by atoms with Gasteiger partial charge in [-0.25, -0.2) is 4.39 Å². The molecule has 3 rings (SSSR count). The number of nitrogens with zero attached hydrogens (tertiary/aromatic N) is 2. The van der Waals surface area contributed by atoms with Crippen LogP contribution in [0.15, 0.2) is 65.3 Å². The second-order valence-corrected chi connectivity index (χ2v) is 8.48. The second-order valence-electron chi connectivity index (χ2n) is 8.48. The minimum absolute atomic E-state index is 0.177. The SMILES string of the molecule is C/C=C(\CC)N(C(=NC)C1CCC(Oc2ccccc2)CC1)c1ccc(F)cc1CCC. The smallest absolute Gasteiger partial charge is 0.123 e. The Labute approximate surface area is 193 Å². The first kappa shape index (κ1) is 24.0. The van der Waals surface area contributed by atoms with Gasteiger partial charge in [0.05, 0.1) is 11.8 Å². The molecule has 0 bridgehead atoms. The lowest BCUT2D eigenvalue weighted by molar-refractivity contribution is 0.144. The number of rotatable bonds is 8. The third kappa shape index (κ3) is 5.79. The molecular formula is C28H37FN2O. The van der Waals surface area contributed by atoms with Crippen molar-refractivity contribution in [2.45, 2.75) is 71.8 Å². The van der Waals surface area contributed by atoms with E-state index in [9.17, 15) is 4.39 Å². The second kappa shape index (κ2) is 11.8. The molecule has 2 aromatic carbocycles. The van der Waals surface area contributed by atoms with Crippen molar-refractivity contribution in [2.75, 3.05) is 11.9 Å². The maximum atomic E-state index is 14.1. The number of amidine groups is 1. The van der Waals surface area contributed by atoms with Crippen molar-refractivity contribution in [1.82, 2.24) is 0 Å². The molecule has 1 aliphatic carbocycles. The highest BCUT2D eigenvalue weighted by atomic mass is 19.1. The molecule has 3 nitrogen and oxygen atoms in total. The van der Waals surface area contributed by atoms with Gasteiger partial charge in [0.15, 0.2) is 0 Å². The van der Waals surface area contributed by atoms with Gasteiger partial charge in [-0.05, 0) is 81.3 Å². The molecule has 0 radical (unpaired) electrons. The van der Waals surface area contributed by atoms with Gasteiger partial charge in [-0.15, -0.1) is 0 Å². The predicted octanol–water partition coefficient (Wildman–Crippen LogP) is 7.56. The van der Waals surface area contributed by atoms with E-state index in [1.54, 1.807) is 12.1 Å². The minimum atomic E-state index is -0.177. The lowest BCUT2D eigenvalue weighted by Gasteiger charge is -2.37. The summed E-state index contributed by atoms with van der Waals surface area (Å²) < 4.78 is 20.3. The molecule has 172 valence electrons. The summed E-state index contributed by atoms with van der Waals surface area (Å²) in [4.78, 5) is 7.10. The van der Waals surface area contributed by atoms with Gasteiger partial charge in [0.2, 0.25) is 0 Å². The Morgan fingerprint density at radius 2 is 1.81 bits per heavy atom. The van der Waals surface area contributed by atoms with Crippen LogP contribution in [-0.2, 0) is 6.42 Å². The fourth-order valence-electron chi connectivity index (χ4n) is 4.75. The Morgan fingerprint density at radius 1 is 1.09 bits per heavy atom. The van der Waals surface area contributed by atoms with Crippen molar-refractivity contribution >= 4 is 11.5 Å². The average Bonchev–Trinajstić information content (AvgIpc) is 2.81. The Bertz CT molecular complexity index is 914. The average molecular weight is 437 g/mol.